The van der Waals surface area contributed by atoms with Crippen LogP contribution in [0.3, 0.4) is 0 Å². The maximum absolute atomic E-state index is 10.6. The number of non-ortho nitro benzene ring substituents is 1. The zero-order valence-corrected chi connectivity index (χ0v) is 11.3. The second-order valence-corrected chi connectivity index (χ2v) is 5.41. The molecule has 0 amide bonds. The van der Waals surface area contributed by atoms with Crippen molar-refractivity contribution in [1.82, 2.24) is 4.90 Å². The van der Waals surface area contributed by atoms with Gasteiger partial charge in [-0.1, -0.05) is 12.1 Å². The van der Waals surface area contributed by atoms with E-state index in [2.05, 4.69) is 11.9 Å². The average molecular weight is 263 g/mol. The minimum absolute atomic E-state index is 0.148. The van der Waals surface area contributed by atoms with E-state index in [9.17, 15) is 10.1 Å². The van der Waals surface area contributed by atoms with Crippen molar-refractivity contribution in [2.24, 2.45) is 5.73 Å². The average Bonchev–Trinajstić information content (AvgIpc) is 2.40. The zero-order chi connectivity index (χ0) is 13.8. The van der Waals surface area contributed by atoms with Crippen molar-refractivity contribution in [2.75, 3.05) is 7.05 Å². The summed E-state index contributed by atoms with van der Waals surface area (Å²) < 4.78 is 0. The van der Waals surface area contributed by atoms with Crippen LogP contribution < -0.4 is 5.73 Å². The normalized spacial score (nSPS) is 23.5. The molecule has 2 N–H and O–H groups in total. The fourth-order valence-corrected chi connectivity index (χ4v) is 2.68. The highest BCUT2D eigenvalue weighted by Gasteiger charge is 2.21. The Morgan fingerprint density at radius 2 is 1.84 bits per heavy atom. The Bertz CT molecular complexity index is 425. The topological polar surface area (TPSA) is 72.4 Å². The van der Waals surface area contributed by atoms with Crippen molar-refractivity contribution < 1.29 is 4.92 Å². The van der Waals surface area contributed by atoms with Gasteiger partial charge in [0.05, 0.1) is 4.92 Å². The molecule has 0 radical (unpaired) electrons. The molecule has 0 heterocycles. The van der Waals surface area contributed by atoms with Crippen LogP contribution in [0.1, 0.15) is 31.2 Å². The SMILES string of the molecule is CN(Cc1ccc([N+](=O)[O-])cc1)C1CCC(N)CC1. The van der Waals surface area contributed by atoms with Crippen LogP contribution in [-0.2, 0) is 6.54 Å². The summed E-state index contributed by atoms with van der Waals surface area (Å²) in [6, 6.07) is 7.76. The van der Waals surface area contributed by atoms with Crippen molar-refractivity contribution in [3.63, 3.8) is 0 Å². The maximum atomic E-state index is 10.6. The lowest BCUT2D eigenvalue weighted by molar-refractivity contribution is -0.384. The summed E-state index contributed by atoms with van der Waals surface area (Å²) in [4.78, 5) is 12.6. The van der Waals surface area contributed by atoms with Gasteiger partial charge in [-0.25, -0.2) is 0 Å². The largest absolute Gasteiger partial charge is 0.328 e. The summed E-state index contributed by atoms with van der Waals surface area (Å²) in [5, 5.41) is 10.6. The second-order valence-electron chi connectivity index (χ2n) is 5.41. The Labute approximate surface area is 113 Å². The number of nitrogens with two attached hydrogens (primary N) is 1. The lowest BCUT2D eigenvalue weighted by Crippen LogP contribution is -2.38. The van der Waals surface area contributed by atoms with Gasteiger partial charge in [-0.2, -0.15) is 0 Å². The van der Waals surface area contributed by atoms with Crippen molar-refractivity contribution in [3.8, 4) is 0 Å². The van der Waals surface area contributed by atoms with Gasteiger partial charge in [0.25, 0.3) is 5.69 Å². The quantitative estimate of drug-likeness (QED) is 0.668. The van der Waals surface area contributed by atoms with E-state index in [1.54, 1.807) is 12.1 Å². The van der Waals surface area contributed by atoms with Crippen LogP contribution in [0, 0.1) is 10.1 Å². The highest BCUT2D eigenvalue weighted by atomic mass is 16.6. The maximum Gasteiger partial charge on any atom is 0.269 e. The number of nitro benzene ring substituents is 1. The summed E-state index contributed by atoms with van der Waals surface area (Å²) in [5.74, 6) is 0. The molecule has 0 bridgehead atoms. The number of hydrogen-bond acceptors (Lipinski definition) is 4. The van der Waals surface area contributed by atoms with Gasteiger partial charge in [0.1, 0.15) is 0 Å². The van der Waals surface area contributed by atoms with Gasteiger partial charge in [0.15, 0.2) is 0 Å². The van der Waals surface area contributed by atoms with E-state index in [1.807, 2.05) is 12.1 Å². The van der Waals surface area contributed by atoms with Crippen LogP contribution in [-0.4, -0.2) is 29.0 Å². The predicted molar refractivity (Wildman–Crippen MR) is 74.8 cm³/mol. The third-order valence-corrected chi connectivity index (χ3v) is 3.94. The standard InChI is InChI=1S/C14H21N3O2/c1-16(13-8-4-12(15)5-9-13)10-11-2-6-14(7-3-11)17(18)19/h2-3,6-7,12-13H,4-5,8-10,15H2,1H3. The third kappa shape index (κ3) is 3.75. The van der Waals surface area contributed by atoms with Crippen molar-refractivity contribution in [3.05, 3.63) is 39.9 Å². The summed E-state index contributed by atoms with van der Waals surface area (Å²) in [6.07, 6.45) is 4.47. The first-order valence-electron chi connectivity index (χ1n) is 6.75. The molecule has 1 aliphatic rings. The highest BCUT2D eigenvalue weighted by Crippen LogP contribution is 2.23. The molecule has 1 fully saturated rings. The zero-order valence-electron chi connectivity index (χ0n) is 11.3. The number of rotatable bonds is 4. The van der Waals surface area contributed by atoms with E-state index in [4.69, 9.17) is 5.73 Å². The molecule has 19 heavy (non-hydrogen) atoms. The van der Waals surface area contributed by atoms with Gasteiger partial charge in [-0.15, -0.1) is 0 Å². The molecule has 0 aliphatic heterocycles. The van der Waals surface area contributed by atoms with Crippen LogP contribution in [0.15, 0.2) is 24.3 Å². The van der Waals surface area contributed by atoms with Gasteiger partial charge >= 0.3 is 0 Å². The number of benzene rings is 1. The van der Waals surface area contributed by atoms with Gasteiger partial charge in [0.2, 0.25) is 0 Å². The molecular formula is C14H21N3O2. The molecule has 0 spiro atoms. The van der Waals surface area contributed by atoms with E-state index in [-0.39, 0.29) is 10.6 Å². The molecule has 5 heteroatoms. The molecule has 1 saturated carbocycles. The van der Waals surface area contributed by atoms with Gasteiger partial charge in [-0.3, -0.25) is 15.0 Å². The third-order valence-electron chi connectivity index (χ3n) is 3.94. The summed E-state index contributed by atoms with van der Waals surface area (Å²) in [7, 11) is 2.11. The lowest BCUT2D eigenvalue weighted by Gasteiger charge is -2.33. The Hall–Kier alpha value is -1.46. The molecular weight excluding hydrogens is 242 g/mol. The Morgan fingerprint density at radius 1 is 1.26 bits per heavy atom. The van der Waals surface area contributed by atoms with Crippen LogP contribution in [0.5, 0.6) is 0 Å². The molecule has 0 aromatic heterocycles. The summed E-state index contributed by atoms with van der Waals surface area (Å²) in [6.45, 7) is 0.831. The monoisotopic (exact) mass is 263 g/mol. The lowest BCUT2D eigenvalue weighted by atomic mass is 9.91. The van der Waals surface area contributed by atoms with Crippen molar-refractivity contribution in [2.45, 2.75) is 44.3 Å². The first kappa shape index (κ1) is 14.0. The fraction of sp³-hybridized carbons (Fsp3) is 0.571. The smallest absolute Gasteiger partial charge is 0.269 e. The number of nitrogens with zero attached hydrogens (tertiary/aromatic N) is 2. The van der Waals surface area contributed by atoms with Crippen molar-refractivity contribution in [1.29, 1.82) is 0 Å². The molecule has 5 nitrogen and oxygen atoms in total. The molecule has 0 unspecified atom stereocenters. The van der Waals surface area contributed by atoms with Crippen LogP contribution >= 0.6 is 0 Å². The molecule has 2 rings (SSSR count). The van der Waals surface area contributed by atoms with Crippen molar-refractivity contribution >= 4 is 5.69 Å². The van der Waals surface area contributed by atoms with Crippen LogP contribution in [0.4, 0.5) is 5.69 Å². The van der Waals surface area contributed by atoms with E-state index in [1.165, 1.54) is 0 Å². The van der Waals surface area contributed by atoms with E-state index in [0.717, 1.165) is 37.8 Å². The second kappa shape index (κ2) is 6.12. The van der Waals surface area contributed by atoms with E-state index >= 15 is 0 Å². The minimum atomic E-state index is -0.365. The van der Waals surface area contributed by atoms with Gasteiger partial charge < -0.3 is 5.73 Å². The first-order chi connectivity index (χ1) is 9.06. The Balaban J connectivity index is 1.91. The number of nitro groups is 1. The summed E-state index contributed by atoms with van der Waals surface area (Å²) in [5.41, 5.74) is 7.17. The van der Waals surface area contributed by atoms with E-state index in [0.29, 0.717) is 12.1 Å². The molecule has 1 aromatic carbocycles. The fourth-order valence-electron chi connectivity index (χ4n) is 2.68. The molecule has 1 aromatic rings. The first-order valence-corrected chi connectivity index (χ1v) is 6.75. The van der Waals surface area contributed by atoms with Crippen LogP contribution in [0.25, 0.3) is 0 Å². The minimum Gasteiger partial charge on any atom is -0.328 e. The highest BCUT2D eigenvalue weighted by molar-refractivity contribution is 5.32. The molecule has 0 saturated heterocycles. The van der Waals surface area contributed by atoms with Gasteiger partial charge in [0, 0.05) is 30.8 Å². The Morgan fingerprint density at radius 3 is 2.37 bits per heavy atom. The number of hydrogen-bond donors (Lipinski definition) is 1. The summed E-state index contributed by atoms with van der Waals surface area (Å²) >= 11 is 0. The Kier molecular flexibility index (Phi) is 4.50. The van der Waals surface area contributed by atoms with Crippen LogP contribution in [0.2, 0.25) is 0 Å². The van der Waals surface area contributed by atoms with Gasteiger partial charge in [-0.05, 0) is 38.3 Å². The van der Waals surface area contributed by atoms with E-state index < -0.39 is 0 Å². The molecule has 1 aliphatic carbocycles. The molecule has 104 valence electrons. The predicted octanol–water partition coefficient (Wildman–Crippen LogP) is 2.30. The molecule has 0 atom stereocenters.